The first-order valence-corrected chi connectivity index (χ1v) is 11.5. The molecule has 1 aromatic rings. The van der Waals surface area contributed by atoms with E-state index in [1.54, 1.807) is 12.7 Å². The first kappa shape index (κ1) is 17.4. The first-order valence-electron chi connectivity index (χ1n) is 11.5. The number of allylic oxidation sites excluding steroid dienone is 1. The fourth-order valence-electron chi connectivity index (χ4n) is 7.52. The van der Waals surface area contributed by atoms with Crippen LogP contribution in [-0.2, 0) is 11.8 Å². The monoisotopic (exact) mass is 379 g/mol. The summed E-state index contributed by atoms with van der Waals surface area (Å²) in [7, 11) is 4.13. The van der Waals surface area contributed by atoms with Crippen molar-refractivity contribution in [2.24, 2.45) is 11.8 Å². The maximum absolute atomic E-state index is 6.88. The summed E-state index contributed by atoms with van der Waals surface area (Å²) in [6, 6.07) is 5.14. The molecule has 4 atom stereocenters. The third kappa shape index (κ3) is 2.20. The lowest BCUT2D eigenvalue weighted by Gasteiger charge is -2.58. The zero-order valence-corrected chi connectivity index (χ0v) is 17.4. The SMILES string of the molecule is COc1ccc2c3c1O[C@H]1/C(=C\C4CCCCC4)CC[C@H]4[C@@H](C2)N(C)CC[C@]314. The van der Waals surface area contributed by atoms with E-state index in [9.17, 15) is 0 Å². The Balaban J connectivity index is 1.50. The largest absolute Gasteiger partial charge is 0.493 e. The maximum Gasteiger partial charge on any atom is 0.166 e. The molecule has 1 saturated heterocycles. The van der Waals surface area contributed by atoms with E-state index < -0.39 is 0 Å². The molecule has 150 valence electrons. The van der Waals surface area contributed by atoms with E-state index in [1.807, 2.05) is 0 Å². The molecule has 6 rings (SSSR count). The minimum Gasteiger partial charge on any atom is -0.493 e. The van der Waals surface area contributed by atoms with Crippen molar-refractivity contribution in [1.29, 1.82) is 0 Å². The van der Waals surface area contributed by atoms with Crippen molar-refractivity contribution >= 4 is 0 Å². The zero-order chi connectivity index (χ0) is 18.9. The topological polar surface area (TPSA) is 21.7 Å². The molecule has 3 fully saturated rings. The van der Waals surface area contributed by atoms with Crippen molar-refractivity contribution in [2.75, 3.05) is 20.7 Å². The van der Waals surface area contributed by atoms with Gasteiger partial charge in [-0.25, -0.2) is 0 Å². The number of likely N-dealkylation sites (tertiary alicyclic amines) is 1. The van der Waals surface area contributed by atoms with Gasteiger partial charge in [0, 0.05) is 17.0 Å². The summed E-state index contributed by atoms with van der Waals surface area (Å²) in [4.78, 5) is 2.63. The molecular weight excluding hydrogens is 346 g/mol. The van der Waals surface area contributed by atoms with Crippen LogP contribution >= 0.6 is 0 Å². The second kappa shape index (κ2) is 6.26. The van der Waals surface area contributed by atoms with Crippen LogP contribution in [0.15, 0.2) is 23.8 Å². The predicted molar refractivity (Wildman–Crippen MR) is 111 cm³/mol. The number of ether oxygens (including phenoxy) is 2. The second-order valence-corrected chi connectivity index (χ2v) is 9.96. The summed E-state index contributed by atoms with van der Waals surface area (Å²) in [6.45, 7) is 1.19. The molecule has 1 spiro atoms. The third-order valence-corrected chi connectivity index (χ3v) is 8.78. The molecule has 0 N–H and O–H groups in total. The normalized spacial score (nSPS) is 38.2. The number of hydrogen-bond donors (Lipinski definition) is 0. The molecule has 0 unspecified atom stereocenters. The minimum absolute atomic E-state index is 0.188. The standard InChI is InChI=1S/C25H33NO2/c1-26-13-12-25-19-10-8-18(14-16-6-4-3-5-7-16)24(25)28-23-21(27-2)11-9-17(22(23)25)15-20(19)26/h9,11,14,16,19-20,24H,3-8,10,12-13,15H2,1-2H3/b18-14-/t19-,20+,24-,25-/m0/s1. The second-order valence-electron chi connectivity index (χ2n) is 9.96. The molecule has 2 heterocycles. The number of rotatable bonds is 2. The molecule has 0 aromatic heterocycles. The van der Waals surface area contributed by atoms with Crippen molar-refractivity contribution in [3.8, 4) is 11.5 Å². The molecule has 3 heteroatoms. The number of nitrogens with zero attached hydrogens (tertiary/aromatic N) is 1. The summed E-state index contributed by atoms with van der Waals surface area (Å²) in [6.07, 6.45) is 14.8. The summed E-state index contributed by atoms with van der Waals surface area (Å²) in [5.74, 6) is 3.52. The van der Waals surface area contributed by atoms with Crippen LogP contribution in [0.2, 0.25) is 0 Å². The van der Waals surface area contributed by atoms with Gasteiger partial charge in [0.25, 0.3) is 0 Å². The molecule has 28 heavy (non-hydrogen) atoms. The lowest BCUT2D eigenvalue weighted by atomic mass is 9.51. The van der Waals surface area contributed by atoms with Crippen LogP contribution in [0.5, 0.6) is 11.5 Å². The molecule has 3 aliphatic carbocycles. The molecule has 2 bridgehead atoms. The number of methoxy groups -OCH3 is 1. The Morgan fingerprint density at radius 3 is 2.86 bits per heavy atom. The fraction of sp³-hybridized carbons (Fsp3) is 0.680. The molecule has 5 aliphatic rings. The van der Waals surface area contributed by atoms with Crippen LogP contribution in [-0.4, -0.2) is 37.7 Å². The molecule has 0 amide bonds. The lowest BCUT2D eigenvalue weighted by Crippen LogP contribution is -2.63. The van der Waals surface area contributed by atoms with Crippen molar-refractivity contribution in [3.05, 3.63) is 34.9 Å². The molecular formula is C25H33NO2. The smallest absolute Gasteiger partial charge is 0.166 e. The van der Waals surface area contributed by atoms with E-state index in [0.717, 1.165) is 23.3 Å². The van der Waals surface area contributed by atoms with Crippen LogP contribution in [0, 0.1) is 11.8 Å². The summed E-state index contributed by atoms with van der Waals surface area (Å²) >= 11 is 0. The summed E-state index contributed by atoms with van der Waals surface area (Å²) < 4.78 is 12.6. The Morgan fingerprint density at radius 2 is 2.04 bits per heavy atom. The van der Waals surface area contributed by atoms with Crippen LogP contribution in [0.3, 0.4) is 0 Å². The number of benzene rings is 1. The van der Waals surface area contributed by atoms with E-state index in [0.29, 0.717) is 6.04 Å². The van der Waals surface area contributed by atoms with Gasteiger partial charge in [-0.05, 0) is 81.2 Å². The lowest BCUT2D eigenvalue weighted by molar-refractivity contribution is -0.0220. The van der Waals surface area contributed by atoms with Gasteiger partial charge in [0.1, 0.15) is 6.10 Å². The van der Waals surface area contributed by atoms with E-state index in [2.05, 4.69) is 30.2 Å². The van der Waals surface area contributed by atoms with E-state index in [1.165, 1.54) is 75.5 Å². The maximum atomic E-state index is 6.88. The van der Waals surface area contributed by atoms with Crippen molar-refractivity contribution in [1.82, 2.24) is 4.90 Å². The average molecular weight is 380 g/mol. The van der Waals surface area contributed by atoms with Gasteiger partial charge in [0.15, 0.2) is 11.5 Å². The molecule has 1 aromatic carbocycles. The third-order valence-electron chi connectivity index (χ3n) is 8.78. The number of likely N-dealkylation sites (N-methyl/N-ethyl adjacent to an activating group) is 1. The van der Waals surface area contributed by atoms with Gasteiger partial charge in [-0.1, -0.05) is 31.4 Å². The molecule has 3 nitrogen and oxygen atoms in total. The van der Waals surface area contributed by atoms with E-state index >= 15 is 0 Å². The van der Waals surface area contributed by atoms with Gasteiger partial charge in [-0.15, -0.1) is 0 Å². The quantitative estimate of drug-likeness (QED) is 0.684. The fourth-order valence-corrected chi connectivity index (χ4v) is 7.52. The van der Waals surface area contributed by atoms with Crippen molar-refractivity contribution < 1.29 is 9.47 Å². The summed E-state index contributed by atoms with van der Waals surface area (Å²) in [5, 5.41) is 0. The predicted octanol–water partition coefficient (Wildman–Crippen LogP) is 4.87. The van der Waals surface area contributed by atoms with Gasteiger partial charge >= 0.3 is 0 Å². The van der Waals surface area contributed by atoms with Crippen molar-refractivity contribution in [2.45, 2.75) is 75.3 Å². The highest BCUT2D eigenvalue weighted by molar-refractivity contribution is 5.62. The Hall–Kier alpha value is -1.48. The molecule has 2 saturated carbocycles. The number of piperidine rings is 1. The van der Waals surface area contributed by atoms with Crippen molar-refractivity contribution in [3.63, 3.8) is 0 Å². The number of hydrogen-bond acceptors (Lipinski definition) is 3. The molecule has 2 aliphatic heterocycles. The first-order chi connectivity index (χ1) is 13.7. The zero-order valence-electron chi connectivity index (χ0n) is 17.4. The van der Waals surface area contributed by atoms with Gasteiger partial charge in [-0.2, -0.15) is 0 Å². The van der Waals surface area contributed by atoms with Gasteiger partial charge in [0.05, 0.1) is 7.11 Å². The Kier molecular flexibility index (Phi) is 3.88. The minimum atomic E-state index is 0.188. The van der Waals surface area contributed by atoms with Crippen LogP contribution in [0.1, 0.15) is 62.5 Å². The van der Waals surface area contributed by atoms with Crippen LogP contribution < -0.4 is 9.47 Å². The van der Waals surface area contributed by atoms with Crippen LogP contribution in [0.4, 0.5) is 0 Å². The highest BCUT2D eigenvalue weighted by Crippen LogP contribution is 2.64. The van der Waals surface area contributed by atoms with Gasteiger partial charge in [-0.3, -0.25) is 0 Å². The highest BCUT2D eigenvalue weighted by atomic mass is 16.5. The van der Waals surface area contributed by atoms with Gasteiger partial charge in [0.2, 0.25) is 0 Å². The average Bonchev–Trinajstić information content (AvgIpc) is 3.08. The highest BCUT2D eigenvalue weighted by Gasteiger charge is 2.64. The van der Waals surface area contributed by atoms with E-state index in [-0.39, 0.29) is 11.5 Å². The van der Waals surface area contributed by atoms with Gasteiger partial charge < -0.3 is 14.4 Å². The summed E-state index contributed by atoms with van der Waals surface area (Å²) in [5.41, 5.74) is 4.84. The van der Waals surface area contributed by atoms with E-state index in [4.69, 9.17) is 9.47 Å². The Labute approximate surface area is 169 Å². The Morgan fingerprint density at radius 1 is 1.18 bits per heavy atom. The van der Waals surface area contributed by atoms with Crippen LogP contribution in [0.25, 0.3) is 0 Å². The molecule has 0 radical (unpaired) electrons. The Bertz CT molecular complexity index is 824.